The Bertz CT molecular complexity index is 873. The monoisotopic (exact) mass is 439 g/mol. The molecular formula is C26H37N3O3. The molecule has 174 valence electrons. The van der Waals surface area contributed by atoms with Crippen LogP contribution in [0.25, 0.3) is 0 Å². The summed E-state index contributed by atoms with van der Waals surface area (Å²) in [4.78, 5) is 29.8. The van der Waals surface area contributed by atoms with Crippen LogP contribution in [0.1, 0.15) is 82.4 Å². The summed E-state index contributed by atoms with van der Waals surface area (Å²) in [5.74, 6) is 0.790. The highest BCUT2D eigenvalue weighted by molar-refractivity contribution is 5.84. The first kappa shape index (κ1) is 21.7. The van der Waals surface area contributed by atoms with Gasteiger partial charge in [0.1, 0.15) is 11.6 Å². The molecule has 2 saturated heterocycles. The third-order valence-electron chi connectivity index (χ3n) is 7.84. The van der Waals surface area contributed by atoms with Gasteiger partial charge < -0.3 is 15.0 Å². The predicted octanol–water partition coefficient (Wildman–Crippen LogP) is 4.22. The molecule has 4 fully saturated rings. The summed E-state index contributed by atoms with van der Waals surface area (Å²) in [5.41, 5.74) is 2.46. The van der Waals surface area contributed by atoms with E-state index in [1.165, 1.54) is 24.0 Å². The van der Waals surface area contributed by atoms with Gasteiger partial charge in [0.05, 0.1) is 0 Å². The molecule has 2 aliphatic carbocycles. The van der Waals surface area contributed by atoms with Crippen LogP contribution < -0.4 is 5.32 Å². The summed E-state index contributed by atoms with van der Waals surface area (Å²) in [7, 11) is 0. The van der Waals surface area contributed by atoms with Crippen molar-refractivity contribution in [1.29, 1.82) is 0 Å². The number of hydrogen-bond donors (Lipinski definition) is 1. The Morgan fingerprint density at radius 3 is 2.34 bits per heavy atom. The number of amides is 2. The van der Waals surface area contributed by atoms with Crippen molar-refractivity contribution in [2.75, 3.05) is 26.2 Å². The Morgan fingerprint density at radius 1 is 1.06 bits per heavy atom. The Kier molecular flexibility index (Phi) is 5.47. The minimum Gasteiger partial charge on any atom is -0.444 e. The lowest BCUT2D eigenvalue weighted by Crippen LogP contribution is -2.61. The van der Waals surface area contributed by atoms with E-state index in [2.05, 4.69) is 34.5 Å². The predicted molar refractivity (Wildman–Crippen MR) is 123 cm³/mol. The van der Waals surface area contributed by atoms with Gasteiger partial charge in [-0.2, -0.15) is 0 Å². The van der Waals surface area contributed by atoms with Gasteiger partial charge in [-0.25, -0.2) is 4.79 Å². The lowest BCUT2D eigenvalue weighted by molar-refractivity contribution is -0.136. The fourth-order valence-electron chi connectivity index (χ4n) is 6.00. The molecule has 1 atom stereocenters. The second-order valence-electron chi connectivity index (χ2n) is 11.4. The maximum absolute atomic E-state index is 13.0. The topological polar surface area (TPSA) is 61.9 Å². The largest absolute Gasteiger partial charge is 0.444 e. The van der Waals surface area contributed by atoms with Gasteiger partial charge in [-0.1, -0.05) is 24.3 Å². The van der Waals surface area contributed by atoms with Crippen LogP contribution >= 0.6 is 0 Å². The maximum atomic E-state index is 13.0. The normalized spacial score (nSPS) is 26.5. The quantitative estimate of drug-likeness (QED) is 0.766. The van der Waals surface area contributed by atoms with Crippen LogP contribution in [0.15, 0.2) is 24.3 Å². The summed E-state index contributed by atoms with van der Waals surface area (Å²) in [6, 6.07) is 8.87. The Morgan fingerprint density at radius 2 is 1.72 bits per heavy atom. The van der Waals surface area contributed by atoms with Gasteiger partial charge in [0, 0.05) is 32.2 Å². The molecule has 2 heterocycles. The molecular weight excluding hydrogens is 402 g/mol. The maximum Gasteiger partial charge on any atom is 0.410 e. The van der Waals surface area contributed by atoms with Crippen molar-refractivity contribution in [2.45, 2.75) is 82.9 Å². The fourth-order valence-corrected chi connectivity index (χ4v) is 6.00. The van der Waals surface area contributed by atoms with E-state index in [0.29, 0.717) is 17.4 Å². The van der Waals surface area contributed by atoms with Crippen LogP contribution in [0, 0.1) is 5.41 Å². The molecule has 2 aliphatic heterocycles. The molecule has 5 rings (SSSR count). The molecule has 32 heavy (non-hydrogen) atoms. The van der Waals surface area contributed by atoms with Crippen molar-refractivity contribution >= 4 is 12.0 Å². The van der Waals surface area contributed by atoms with Crippen LogP contribution in [0.5, 0.6) is 0 Å². The molecule has 2 amide bonds. The van der Waals surface area contributed by atoms with E-state index in [-0.39, 0.29) is 18.0 Å². The van der Waals surface area contributed by atoms with Crippen LogP contribution in [-0.2, 0) is 9.53 Å². The zero-order valence-corrected chi connectivity index (χ0v) is 19.7. The van der Waals surface area contributed by atoms with E-state index in [0.717, 1.165) is 51.9 Å². The number of ether oxygens (including phenoxy) is 1. The molecule has 2 saturated carbocycles. The number of carbonyl (C=O) groups excluding carboxylic acids is 2. The van der Waals surface area contributed by atoms with Crippen molar-refractivity contribution in [3.8, 4) is 0 Å². The SMILES string of the molecule is CC(C)(C)OC(=O)N1CCC2(CC1)CC(N1CCNC(=O)C1c1ccccc1C1CC1)C2. The van der Waals surface area contributed by atoms with E-state index in [4.69, 9.17) is 4.74 Å². The van der Waals surface area contributed by atoms with Crippen LogP contribution in [-0.4, -0.2) is 59.6 Å². The molecule has 0 aromatic heterocycles. The summed E-state index contributed by atoms with van der Waals surface area (Å²) in [6.45, 7) is 8.95. The van der Waals surface area contributed by atoms with Gasteiger partial charge in [-0.15, -0.1) is 0 Å². The number of carbonyl (C=O) groups is 2. The number of hydrogen-bond acceptors (Lipinski definition) is 4. The first-order valence-electron chi connectivity index (χ1n) is 12.3. The van der Waals surface area contributed by atoms with Gasteiger partial charge >= 0.3 is 6.09 Å². The number of nitrogens with one attached hydrogen (secondary N) is 1. The van der Waals surface area contributed by atoms with Gasteiger partial charge in [0.25, 0.3) is 0 Å². The standard InChI is InChI=1S/C26H37N3O3/c1-25(2,3)32-24(31)28-13-10-26(11-14-28)16-19(17-26)29-15-12-27-23(30)22(29)21-7-5-4-6-20(21)18-8-9-18/h4-7,18-19,22H,8-17H2,1-3H3,(H,27,30). The molecule has 1 spiro atoms. The zero-order valence-electron chi connectivity index (χ0n) is 19.7. The summed E-state index contributed by atoms with van der Waals surface area (Å²) < 4.78 is 5.56. The van der Waals surface area contributed by atoms with Crippen LogP contribution in [0.3, 0.4) is 0 Å². The molecule has 0 radical (unpaired) electrons. The van der Waals surface area contributed by atoms with E-state index in [1.807, 2.05) is 25.7 Å². The molecule has 1 aromatic rings. The molecule has 6 heteroatoms. The third kappa shape index (κ3) is 4.26. The number of benzene rings is 1. The fraction of sp³-hybridized carbons (Fsp3) is 0.692. The lowest BCUT2D eigenvalue weighted by atomic mass is 9.59. The van der Waals surface area contributed by atoms with Crippen molar-refractivity contribution < 1.29 is 14.3 Å². The minimum atomic E-state index is -0.450. The van der Waals surface area contributed by atoms with Crippen molar-refractivity contribution in [1.82, 2.24) is 15.1 Å². The van der Waals surface area contributed by atoms with Crippen molar-refractivity contribution in [3.63, 3.8) is 0 Å². The van der Waals surface area contributed by atoms with Crippen LogP contribution in [0.2, 0.25) is 0 Å². The van der Waals surface area contributed by atoms with Crippen molar-refractivity contribution in [2.24, 2.45) is 5.41 Å². The smallest absolute Gasteiger partial charge is 0.410 e. The number of piperazine rings is 1. The summed E-state index contributed by atoms with van der Waals surface area (Å²) in [6.07, 6.45) is 6.62. The average Bonchev–Trinajstić information content (AvgIpc) is 3.56. The van der Waals surface area contributed by atoms with Gasteiger partial charge in [-0.3, -0.25) is 9.69 Å². The summed E-state index contributed by atoms with van der Waals surface area (Å²) in [5, 5.41) is 3.12. The minimum absolute atomic E-state index is 0.157. The number of piperidine rings is 1. The zero-order chi connectivity index (χ0) is 22.5. The second-order valence-corrected chi connectivity index (χ2v) is 11.4. The Hall–Kier alpha value is -2.08. The lowest BCUT2D eigenvalue weighted by Gasteiger charge is -2.57. The Balaban J connectivity index is 1.24. The van der Waals surface area contributed by atoms with Gasteiger partial charge in [0.2, 0.25) is 5.91 Å². The number of rotatable bonds is 3. The molecule has 0 bridgehead atoms. The van der Waals surface area contributed by atoms with Gasteiger partial charge in [0.15, 0.2) is 0 Å². The second kappa shape index (κ2) is 8.05. The Labute approximate surface area is 191 Å². The molecule has 1 unspecified atom stereocenters. The van der Waals surface area contributed by atoms with E-state index in [1.54, 1.807) is 0 Å². The van der Waals surface area contributed by atoms with Crippen molar-refractivity contribution in [3.05, 3.63) is 35.4 Å². The van der Waals surface area contributed by atoms with E-state index >= 15 is 0 Å². The first-order chi connectivity index (χ1) is 15.2. The number of likely N-dealkylation sites (tertiary alicyclic amines) is 1. The third-order valence-corrected chi connectivity index (χ3v) is 7.84. The highest BCUT2D eigenvalue weighted by Crippen LogP contribution is 2.53. The first-order valence-corrected chi connectivity index (χ1v) is 12.3. The highest BCUT2D eigenvalue weighted by atomic mass is 16.6. The van der Waals surface area contributed by atoms with E-state index < -0.39 is 5.60 Å². The molecule has 1 aromatic carbocycles. The molecule has 6 nitrogen and oxygen atoms in total. The number of nitrogens with zero attached hydrogens (tertiary/aromatic N) is 2. The molecule has 4 aliphatic rings. The van der Waals surface area contributed by atoms with Crippen LogP contribution in [0.4, 0.5) is 4.79 Å². The highest BCUT2D eigenvalue weighted by Gasteiger charge is 2.51. The van der Waals surface area contributed by atoms with E-state index in [9.17, 15) is 9.59 Å². The summed E-state index contributed by atoms with van der Waals surface area (Å²) >= 11 is 0. The average molecular weight is 440 g/mol. The van der Waals surface area contributed by atoms with Gasteiger partial charge in [-0.05, 0) is 81.8 Å². The molecule has 1 N–H and O–H groups in total.